The number of rotatable bonds is 5. The summed E-state index contributed by atoms with van der Waals surface area (Å²) in [5.74, 6) is -2.49. The molecular formula is C32H30FN3O6. The number of carbonyl (C=O) groups is 3. The van der Waals surface area contributed by atoms with Crippen LogP contribution in [0.2, 0.25) is 0 Å². The molecule has 2 N–H and O–H groups in total. The molecule has 0 radical (unpaired) electrons. The van der Waals surface area contributed by atoms with Crippen LogP contribution in [0.15, 0.2) is 83.4 Å². The van der Waals surface area contributed by atoms with E-state index >= 15 is 0 Å². The first-order valence-corrected chi connectivity index (χ1v) is 13.7. The Balaban J connectivity index is 0.000000390. The summed E-state index contributed by atoms with van der Waals surface area (Å²) in [7, 11) is 0. The lowest BCUT2D eigenvalue weighted by atomic mass is 9.91. The first kappa shape index (κ1) is 28.7. The van der Waals surface area contributed by atoms with Crippen LogP contribution >= 0.6 is 0 Å². The van der Waals surface area contributed by atoms with Gasteiger partial charge in [-0.3, -0.25) is 14.6 Å². The minimum Gasteiger partial charge on any atom is -0.478 e. The van der Waals surface area contributed by atoms with Crippen molar-refractivity contribution in [3.8, 4) is 0 Å². The molecule has 3 heterocycles. The summed E-state index contributed by atoms with van der Waals surface area (Å²) in [5.41, 5.74) is 5.80. The highest BCUT2D eigenvalue weighted by Crippen LogP contribution is 2.37. The maximum Gasteiger partial charge on any atom is 0.328 e. The molecule has 1 fully saturated rings. The molecule has 42 heavy (non-hydrogen) atoms. The lowest BCUT2D eigenvalue weighted by molar-refractivity contribution is -0.134. The number of carboxylic acid groups (broad SMARTS) is 2. The Labute approximate surface area is 241 Å². The van der Waals surface area contributed by atoms with Crippen molar-refractivity contribution in [3.63, 3.8) is 0 Å². The van der Waals surface area contributed by atoms with E-state index in [9.17, 15) is 18.8 Å². The zero-order chi connectivity index (χ0) is 29.6. The number of piperidine rings is 1. The van der Waals surface area contributed by atoms with Crippen molar-refractivity contribution in [2.24, 2.45) is 0 Å². The molecule has 2 aliphatic rings. The molecule has 6 rings (SSSR count). The standard InChI is InChI=1S/C28H26FN3O2.C4H4O4/c29-22-11-12-23-26(17-22)34-30-28(23)21-13-15-31(16-14-21)18-27(33)32-24-7-3-1-5-19(24)9-10-20-6-2-4-8-25(20)32;5-3(6)1-2-4(7)8/h1-8,11-12,17,21H,9-10,13-16,18H2;1-2H,(H,5,6)(H,7,8)/b;2-1+. The Morgan fingerprint density at radius 1 is 0.881 bits per heavy atom. The van der Waals surface area contributed by atoms with E-state index in [1.807, 2.05) is 29.2 Å². The Kier molecular flexibility index (Phi) is 8.73. The average molecular weight is 572 g/mol. The van der Waals surface area contributed by atoms with Crippen molar-refractivity contribution in [1.82, 2.24) is 10.1 Å². The largest absolute Gasteiger partial charge is 0.478 e. The number of carboxylic acids is 2. The molecule has 2 aliphatic heterocycles. The highest BCUT2D eigenvalue weighted by Gasteiger charge is 2.30. The molecule has 1 aromatic heterocycles. The van der Waals surface area contributed by atoms with Crippen LogP contribution in [-0.2, 0) is 27.2 Å². The molecule has 9 nitrogen and oxygen atoms in total. The van der Waals surface area contributed by atoms with Crippen molar-refractivity contribution in [3.05, 3.63) is 102 Å². The molecule has 0 spiro atoms. The van der Waals surface area contributed by atoms with Crippen molar-refractivity contribution >= 4 is 40.2 Å². The smallest absolute Gasteiger partial charge is 0.328 e. The molecule has 1 amide bonds. The summed E-state index contributed by atoms with van der Waals surface area (Å²) < 4.78 is 18.9. The van der Waals surface area contributed by atoms with Crippen molar-refractivity contribution in [2.75, 3.05) is 24.5 Å². The van der Waals surface area contributed by atoms with Gasteiger partial charge < -0.3 is 14.7 Å². The lowest BCUT2D eigenvalue weighted by Gasteiger charge is -2.33. The van der Waals surface area contributed by atoms with Crippen molar-refractivity contribution in [2.45, 2.75) is 31.6 Å². The van der Waals surface area contributed by atoms with Gasteiger partial charge in [-0.05, 0) is 74.2 Å². The van der Waals surface area contributed by atoms with Crippen LogP contribution in [0, 0.1) is 5.82 Å². The van der Waals surface area contributed by atoms with Gasteiger partial charge in [-0.1, -0.05) is 41.6 Å². The number of hydrogen-bond acceptors (Lipinski definition) is 6. The Morgan fingerprint density at radius 2 is 1.45 bits per heavy atom. The quantitative estimate of drug-likeness (QED) is 0.309. The maximum atomic E-state index is 13.7. The van der Waals surface area contributed by atoms with Gasteiger partial charge in [0.1, 0.15) is 5.82 Å². The fraction of sp³-hybridized carbons (Fsp3) is 0.250. The van der Waals surface area contributed by atoms with E-state index in [2.05, 4.69) is 34.3 Å². The number of carbonyl (C=O) groups excluding carboxylic acids is 1. The Morgan fingerprint density at radius 3 is 2.02 bits per heavy atom. The molecule has 4 aromatic rings. The number of fused-ring (bicyclic) bond motifs is 3. The predicted molar refractivity (Wildman–Crippen MR) is 154 cm³/mol. The minimum absolute atomic E-state index is 0.0996. The summed E-state index contributed by atoms with van der Waals surface area (Å²) in [6.45, 7) is 1.99. The molecule has 216 valence electrons. The number of nitrogens with zero attached hydrogens (tertiary/aromatic N) is 3. The van der Waals surface area contributed by atoms with Gasteiger partial charge in [0.05, 0.1) is 23.6 Å². The van der Waals surface area contributed by atoms with E-state index in [0.717, 1.165) is 61.2 Å². The third-order valence-corrected chi connectivity index (χ3v) is 7.54. The number of aromatic nitrogens is 1. The zero-order valence-corrected chi connectivity index (χ0v) is 22.8. The second-order valence-corrected chi connectivity index (χ2v) is 10.3. The summed E-state index contributed by atoms with van der Waals surface area (Å²) in [4.78, 5) is 36.9. The summed E-state index contributed by atoms with van der Waals surface area (Å²) in [5, 5.41) is 20.8. The SMILES string of the molecule is O=C(CN1CCC(c2noc3cc(F)ccc23)CC1)N1c2ccccc2CCc2ccccc21.O=C(O)/C=C/C(=O)O. The fourth-order valence-corrected chi connectivity index (χ4v) is 5.54. The number of halogens is 1. The lowest BCUT2D eigenvalue weighted by Crippen LogP contribution is -2.42. The van der Waals surface area contributed by atoms with E-state index in [4.69, 9.17) is 14.7 Å². The average Bonchev–Trinajstić information content (AvgIpc) is 3.31. The number of para-hydroxylation sites is 2. The van der Waals surface area contributed by atoms with Gasteiger partial charge in [-0.25, -0.2) is 14.0 Å². The first-order valence-electron chi connectivity index (χ1n) is 13.7. The van der Waals surface area contributed by atoms with Gasteiger partial charge in [0, 0.05) is 29.5 Å². The van der Waals surface area contributed by atoms with E-state index in [1.165, 1.54) is 23.3 Å². The number of anilines is 2. The molecule has 0 atom stereocenters. The van der Waals surface area contributed by atoms with E-state index in [0.29, 0.717) is 24.3 Å². The maximum absolute atomic E-state index is 13.7. The number of hydrogen-bond donors (Lipinski definition) is 2. The molecule has 0 bridgehead atoms. The number of amides is 1. The third-order valence-electron chi connectivity index (χ3n) is 7.54. The van der Waals surface area contributed by atoms with Crippen LogP contribution in [0.25, 0.3) is 11.0 Å². The zero-order valence-electron chi connectivity index (χ0n) is 22.8. The van der Waals surface area contributed by atoms with Crippen LogP contribution in [0.3, 0.4) is 0 Å². The molecule has 3 aromatic carbocycles. The third kappa shape index (κ3) is 6.55. The van der Waals surface area contributed by atoms with Crippen molar-refractivity contribution < 1.29 is 33.5 Å². The van der Waals surface area contributed by atoms with E-state index in [-0.39, 0.29) is 17.6 Å². The monoisotopic (exact) mass is 571 g/mol. The van der Waals surface area contributed by atoms with Crippen LogP contribution in [-0.4, -0.2) is 57.7 Å². The Hall–Kier alpha value is -4.83. The van der Waals surface area contributed by atoms with Crippen LogP contribution in [0.4, 0.5) is 15.8 Å². The van der Waals surface area contributed by atoms with Gasteiger partial charge in [0.2, 0.25) is 5.91 Å². The van der Waals surface area contributed by atoms with Crippen LogP contribution in [0.5, 0.6) is 0 Å². The topological polar surface area (TPSA) is 124 Å². The van der Waals surface area contributed by atoms with Crippen molar-refractivity contribution in [1.29, 1.82) is 0 Å². The second-order valence-electron chi connectivity index (χ2n) is 10.3. The van der Waals surface area contributed by atoms with Gasteiger partial charge in [0.15, 0.2) is 5.58 Å². The number of aryl methyl sites for hydroxylation is 2. The number of likely N-dealkylation sites (tertiary alicyclic amines) is 1. The van der Waals surface area contributed by atoms with Gasteiger partial charge >= 0.3 is 11.9 Å². The predicted octanol–water partition coefficient (Wildman–Crippen LogP) is 5.32. The normalized spacial score (nSPS) is 15.4. The fourth-order valence-electron chi connectivity index (χ4n) is 5.54. The summed E-state index contributed by atoms with van der Waals surface area (Å²) >= 11 is 0. The molecular weight excluding hydrogens is 541 g/mol. The second kappa shape index (κ2) is 12.8. The molecule has 1 saturated heterocycles. The number of benzene rings is 3. The van der Waals surface area contributed by atoms with Gasteiger partial charge in [-0.15, -0.1) is 0 Å². The van der Waals surface area contributed by atoms with Gasteiger partial charge in [-0.2, -0.15) is 0 Å². The summed E-state index contributed by atoms with van der Waals surface area (Å²) in [6.07, 6.45) is 4.75. The first-order chi connectivity index (χ1) is 20.3. The van der Waals surface area contributed by atoms with Gasteiger partial charge in [0.25, 0.3) is 0 Å². The highest BCUT2D eigenvalue weighted by molar-refractivity contribution is 6.03. The molecule has 0 aliphatic carbocycles. The van der Waals surface area contributed by atoms with E-state index < -0.39 is 11.9 Å². The number of aliphatic carboxylic acids is 2. The Bertz CT molecular complexity index is 1580. The van der Waals surface area contributed by atoms with Crippen LogP contribution in [0.1, 0.15) is 35.6 Å². The molecule has 0 unspecified atom stereocenters. The highest BCUT2D eigenvalue weighted by atomic mass is 19.1. The molecule has 10 heteroatoms. The van der Waals surface area contributed by atoms with E-state index in [1.54, 1.807) is 6.07 Å². The summed E-state index contributed by atoms with van der Waals surface area (Å²) in [6, 6.07) is 21.1. The minimum atomic E-state index is -1.26. The van der Waals surface area contributed by atoms with Crippen LogP contribution < -0.4 is 4.90 Å². The molecule has 0 saturated carbocycles.